The minimum Gasteiger partial charge on any atom is -0.460 e. The Labute approximate surface area is 91.3 Å². The summed E-state index contributed by atoms with van der Waals surface area (Å²) in [5, 5.41) is 3.18. The largest absolute Gasteiger partial charge is 0.460 e. The van der Waals surface area contributed by atoms with Crippen molar-refractivity contribution < 1.29 is 14.3 Å². The van der Waals surface area contributed by atoms with E-state index < -0.39 is 5.60 Å². The van der Waals surface area contributed by atoms with Crippen LogP contribution in [0.3, 0.4) is 0 Å². The number of nitrogens with one attached hydrogen (secondary N) is 1. The summed E-state index contributed by atoms with van der Waals surface area (Å²) in [6.07, 6.45) is 0.870. The Balaban J connectivity index is 2.45. The highest BCUT2D eigenvalue weighted by Gasteiger charge is 2.30. The van der Waals surface area contributed by atoms with Gasteiger partial charge in [-0.3, -0.25) is 4.79 Å². The van der Waals surface area contributed by atoms with Crippen molar-refractivity contribution in [2.24, 2.45) is 5.92 Å². The zero-order chi connectivity index (χ0) is 11.5. The molecular weight excluding hydrogens is 194 g/mol. The van der Waals surface area contributed by atoms with Gasteiger partial charge in [-0.25, -0.2) is 0 Å². The third kappa shape index (κ3) is 4.18. The van der Waals surface area contributed by atoms with E-state index in [4.69, 9.17) is 9.47 Å². The van der Waals surface area contributed by atoms with Gasteiger partial charge in [-0.05, 0) is 27.2 Å². The molecule has 1 saturated heterocycles. The highest BCUT2D eigenvalue weighted by Crippen LogP contribution is 2.18. The molecule has 2 atom stereocenters. The third-order valence-electron chi connectivity index (χ3n) is 2.38. The van der Waals surface area contributed by atoms with Crippen molar-refractivity contribution in [3.05, 3.63) is 0 Å². The van der Waals surface area contributed by atoms with Crippen molar-refractivity contribution in [2.45, 2.75) is 38.9 Å². The number of methoxy groups -OCH3 is 1. The van der Waals surface area contributed by atoms with Gasteiger partial charge in [-0.2, -0.15) is 0 Å². The third-order valence-corrected chi connectivity index (χ3v) is 2.38. The number of hydrogen-bond donors (Lipinski definition) is 1. The van der Waals surface area contributed by atoms with Crippen LogP contribution in [-0.2, 0) is 14.3 Å². The summed E-state index contributed by atoms with van der Waals surface area (Å²) in [5.41, 5.74) is -0.406. The van der Waals surface area contributed by atoms with Gasteiger partial charge in [-0.1, -0.05) is 0 Å². The quantitative estimate of drug-likeness (QED) is 0.697. The fraction of sp³-hybridized carbons (Fsp3) is 0.909. The molecule has 0 aromatic carbocycles. The van der Waals surface area contributed by atoms with Crippen LogP contribution in [0.2, 0.25) is 0 Å². The Kier molecular flexibility index (Phi) is 4.11. The smallest absolute Gasteiger partial charge is 0.310 e. The van der Waals surface area contributed by atoms with Gasteiger partial charge < -0.3 is 14.8 Å². The van der Waals surface area contributed by atoms with Crippen molar-refractivity contribution in [3.8, 4) is 0 Å². The zero-order valence-corrected chi connectivity index (χ0v) is 10.0. The first-order valence-electron chi connectivity index (χ1n) is 5.39. The standard InChI is InChI=1S/C11H21NO3/c1-11(2,3)15-10(13)8-5-9(14-4)7-12-6-8/h8-9,12H,5-7H2,1-4H3/t8-,9+/m1/s1. The Hall–Kier alpha value is -0.610. The molecule has 1 rings (SSSR count). The van der Waals surface area contributed by atoms with Gasteiger partial charge in [0.1, 0.15) is 5.60 Å². The van der Waals surface area contributed by atoms with Crippen LogP contribution < -0.4 is 5.32 Å². The lowest BCUT2D eigenvalue weighted by molar-refractivity contribution is -0.162. The second-order valence-corrected chi connectivity index (χ2v) is 4.98. The number of carbonyl (C=O) groups is 1. The van der Waals surface area contributed by atoms with Crippen molar-refractivity contribution in [3.63, 3.8) is 0 Å². The van der Waals surface area contributed by atoms with Crippen molar-refractivity contribution in [2.75, 3.05) is 20.2 Å². The van der Waals surface area contributed by atoms with Crippen LogP contribution in [0.5, 0.6) is 0 Å². The highest BCUT2D eigenvalue weighted by atomic mass is 16.6. The van der Waals surface area contributed by atoms with E-state index in [-0.39, 0.29) is 18.0 Å². The lowest BCUT2D eigenvalue weighted by atomic mass is 9.97. The molecular formula is C11H21NO3. The van der Waals surface area contributed by atoms with E-state index in [2.05, 4.69) is 5.32 Å². The molecule has 0 unspecified atom stereocenters. The van der Waals surface area contributed by atoms with E-state index in [0.29, 0.717) is 6.54 Å². The molecule has 4 nitrogen and oxygen atoms in total. The Morgan fingerprint density at radius 3 is 2.53 bits per heavy atom. The lowest BCUT2D eigenvalue weighted by Gasteiger charge is -2.30. The summed E-state index contributed by atoms with van der Waals surface area (Å²) in [6, 6.07) is 0. The van der Waals surface area contributed by atoms with Crippen LogP contribution in [0.1, 0.15) is 27.2 Å². The number of esters is 1. The molecule has 0 bridgehead atoms. The summed E-state index contributed by atoms with van der Waals surface area (Å²) < 4.78 is 10.6. The molecule has 0 saturated carbocycles. The van der Waals surface area contributed by atoms with Crippen molar-refractivity contribution in [1.82, 2.24) is 5.32 Å². The van der Waals surface area contributed by atoms with E-state index in [1.165, 1.54) is 0 Å². The minimum absolute atomic E-state index is 0.0806. The predicted molar refractivity (Wildman–Crippen MR) is 57.6 cm³/mol. The Bertz CT molecular complexity index is 222. The second-order valence-electron chi connectivity index (χ2n) is 4.98. The first kappa shape index (κ1) is 12.5. The van der Waals surface area contributed by atoms with Gasteiger partial charge in [-0.15, -0.1) is 0 Å². The number of carbonyl (C=O) groups excluding carboxylic acids is 1. The maximum absolute atomic E-state index is 11.8. The molecule has 4 heteroatoms. The van der Waals surface area contributed by atoms with Crippen LogP contribution >= 0.6 is 0 Å². The average molecular weight is 215 g/mol. The Morgan fingerprint density at radius 1 is 1.33 bits per heavy atom. The molecule has 15 heavy (non-hydrogen) atoms. The van der Waals surface area contributed by atoms with Gasteiger partial charge in [0.25, 0.3) is 0 Å². The summed E-state index contributed by atoms with van der Waals surface area (Å²) in [7, 11) is 1.67. The number of rotatable bonds is 2. The fourth-order valence-corrected chi connectivity index (χ4v) is 1.65. The minimum atomic E-state index is -0.406. The molecule has 0 amide bonds. The fourth-order valence-electron chi connectivity index (χ4n) is 1.65. The molecule has 88 valence electrons. The topological polar surface area (TPSA) is 47.6 Å². The van der Waals surface area contributed by atoms with Crippen LogP contribution in [0.4, 0.5) is 0 Å². The SMILES string of the molecule is CO[C@@H]1CNC[C@H](C(=O)OC(C)(C)C)C1. The van der Waals surface area contributed by atoms with Crippen LogP contribution in [0, 0.1) is 5.92 Å². The lowest BCUT2D eigenvalue weighted by Crippen LogP contribution is -2.45. The summed E-state index contributed by atoms with van der Waals surface area (Å²) in [5.74, 6) is -0.209. The van der Waals surface area contributed by atoms with E-state index in [1.54, 1.807) is 7.11 Å². The normalized spacial score (nSPS) is 27.5. The molecule has 1 fully saturated rings. The van der Waals surface area contributed by atoms with Gasteiger partial charge in [0, 0.05) is 20.2 Å². The maximum atomic E-state index is 11.8. The van der Waals surface area contributed by atoms with E-state index in [1.807, 2.05) is 20.8 Å². The molecule has 0 aromatic rings. The monoisotopic (exact) mass is 215 g/mol. The number of hydrogen-bond acceptors (Lipinski definition) is 4. The summed E-state index contributed by atoms with van der Waals surface area (Å²) in [6.45, 7) is 7.16. The zero-order valence-electron chi connectivity index (χ0n) is 10.0. The van der Waals surface area contributed by atoms with E-state index in [9.17, 15) is 4.79 Å². The van der Waals surface area contributed by atoms with Crippen molar-refractivity contribution >= 4 is 5.97 Å². The first-order chi connectivity index (χ1) is 6.92. The van der Waals surface area contributed by atoms with E-state index >= 15 is 0 Å². The highest BCUT2D eigenvalue weighted by molar-refractivity contribution is 5.73. The van der Waals surface area contributed by atoms with Crippen LogP contribution in [-0.4, -0.2) is 37.9 Å². The first-order valence-corrected chi connectivity index (χ1v) is 5.39. The molecule has 0 radical (unpaired) electrons. The average Bonchev–Trinajstić information content (AvgIpc) is 2.15. The van der Waals surface area contributed by atoms with Crippen LogP contribution in [0.15, 0.2) is 0 Å². The molecule has 0 aliphatic carbocycles. The summed E-state index contributed by atoms with van der Waals surface area (Å²) >= 11 is 0. The second kappa shape index (κ2) is 4.94. The van der Waals surface area contributed by atoms with Crippen molar-refractivity contribution in [1.29, 1.82) is 0 Å². The maximum Gasteiger partial charge on any atom is 0.310 e. The molecule has 1 heterocycles. The van der Waals surface area contributed by atoms with Gasteiger partial charge in [0.05, 0.1) is 12.0 Å². The molecule has 0 spiro atoms. The molecule has 1 aliphatic rings. The number of piperidine rings is 1. The van der Waals surface area contributed by atoms with Gasteiger partial charge in [0.2, 0.25) is 0 Å². The molecule has 0 aromatic heterocycles. The molecule has 1 N–H and O–H groups in total. The molecule has 1 aliphatic heterocycles. The Morgan fingerprint density at radius 2 is 2.00 bits per heavy atom. The summed E-state index contributed by atoms with van der Waals surface area (Å²) in [4.78, 5) is 11.8. The number of ether oxygens (including phenoxy) is 2. The van der Waals surface area contributed by atoms with Gasteiger partial charge >= 0.3 is 5.97 Å². The van der Waals surface area contributed by atoms with E-state index in [0.717, 1.165) is 13.0 Å². The predicted octanol–water partition coefficient (Wildman–Crippen LogP) is 0.953. The van der Waals surface area contributed by atoms with Gasteiger partial charge in [0.15, 0.2) is 0 Å². The van der Waals surface area contributed by atoms with Crippen LogP contribution in [0.25, 0.3) is 0 Å².